The molecule has 6 nitrogen and oxygen atoms in total. The first kappa shape index (κ1) is 21.5. The van der Waals surface area contributed by atoms with E-state index in [-0.39, 0.29) is 10.4 Å². The number of aryl methyl sites for hydroxylation is 1. The van der Waals surface area contributed by atoms with E-state index in [9.17, 15) is 8.42 Å². The van der Waals surface area contributed by atoms with Crippen molar-refractivity contribution >= 4 is 21.2 Å². The Morgan fingerprint density at radius 1 is 1.25 bits per heavy atom. The maximum Gasteiger partial charge on any atom is 0.228 e. The van der Waals surface area contributed by atoms with Crippen molar-refractivity contribution in [3.05, 3.63) is 28.0 Å². The van der Waals surface area contributed by atoms with Crippen LogP contribution in [0.3, 0.4) is 0 Å². The molecule has 0 N–H and O–H groups in total. The minimum Gasteiger partial charge on any atom is -0.318 e. The zero-order valence-electron chi connectivity index (χ0n) is 17.2. The number of thiazole rings is 1. The lowest BCUT2D eigenvalue weighted by Gasteiger charge is -2.23. The number of hydrogen-bond donors (Lipinski definition) is 0. The van der Waals surface area contributed by atoms with Gasteiger partial charge in [-0.25, -0.2) is 18.4 Å². The average molecular weight is 425 g/mol. The molecule has 0 bridgehead atoms. The van der Waals surface area contributed by atoms with Crippen LogP contribution in [0, 0.1) is 6.92 Å². The lowest BCUT2D eigenvalue weighted by atomic mass is 10.0. The molecule has 0 atom stereocenters. The smallest absolute Gasteiger partial charge is 0.228 e. The molecule has 1 fully saturated rings. The summed E-state index contributed by atoms with van der Waals surface area (Å²) in [5.41, 5.74) is 2.02. The number of hydrogen-bond acceptors (Lipinski definition) is 6. The van der Waals surface area contributed by atoms with Gasteiger partial charge in [-0.2, -0.15) is 0 Å². The molecule has 1 aliphatic rings. The van der Waals surface area contributed by atoms with Crippen LogP contribution in [0.25, 0.3) is 0 Å². The molecule has 0 unspecified atom stereocenters. The fourth-order valence-corrected chi connectivity index (χ4v) is 6.49. The van der Waals surface area contributed by atoms with E-state index in [1.807, 2.05) is 18.5 Å². The third-order valence-electron chi connectivity index (χ3n) is 5.41. The van der Waals surface area contributed by atoms with E-state index in [1.165, 1.54) is 0 Å². The van der Waals surface area contributed by atoms with E-state index < -0.39 is 9.84 Å². The van der Waals surface area contributed by atoms with Crippen molar-refractivity contribution in [2.75, 3.05) is 7.05 Å². The molecule has 3 rings (SSSR count). The van der Waals surface area contributed by atoms with Gasteiger partial charge >= 0.3 is 0 Å². The summed E-state index contributed by atoms with van der Waals surface area (Å²) in [4.78, 5) is 11.1. The van der Waals surface area contributed by atoms with E-state index in [0.717, 1.165) is 67.9 Å². The minimum atomic E-state index is -3.37. The van der Waals surface area contributed by atoms with Crippen LogP contribution in [0.1, 0.15) is 68.3 Å². The van der Waals surface area contributed by atoms with E-state index in [2.05, 4.69) is 27.2 Å². The summed E-state index contributed by atoms with van der Waals surface area (Å²) in [7, 11) is -1.33. The van der Waals surface area contributed by atoms with Crippen molar-refractivity contribution < 1.29 is 8.42 Å². The number of imidazole rings is 1. The Kier molecular flexibility index (Phi) is 7.28. The maximum absolute atomic E-state index is 13.3. The van der Waals surface area contributed by atoms with Crippen LogP contribution < -0.4 is 0 Å². The molecule has 28 heavy (non-hydrogen) atoms. The Labute approximate surface area is 172 Å². The van der Waals surface area contributed by atoms with Gasteiger partial charge in [0.25, 0.3) is 0 Å². The van der Waals surface area contributed by atoms with Crippen LogP contribution in [-0.4, -0.2) is 40.2 Å². The van der Waals surface area contributed by atoms with Gasteiger partial charge in [-0.15, -0.1) is 11.3 Å². The normalized spacial score (nSPS) is 16.1. The predicted octanol–water partition coefficient (Wildman–Crippen LogP) is 4.19. The highest BCUT2D eigenvalue weighted by molar-refractivity contribution is 7.91. The Morgan fingerprint density at radius 2 is 2.00 bits per heavy atom. The van der Waals surface area contributed by atoms with Crippen LogP contribution in [0.5, 0.6) is 0 Å². The largest absolute Gasteiger partial charge is 0.318 e. The molecule has 2 aromatic heterocycles. The zero-order chi connectivity index (χ0) is 20.1. The predicted molar refractivity (Wildman–Crippen MR) is 113 cm³/mol. The molecule has 0 saturated heterocycles. The van der Waals surface area contributed by atoms with Crippen molar-refractivity contribution in [2.45, 2.75) is 88.8 Å². The highest BCUT2D eigenvalue weighted by Gasteiger charge is 2.33. The lowest BCUT2D eigenvalue weighted by molar-refractivity contribution is 0.304. The number of aromatic nitrogens is 3. The van der Waals surface area contributed by atoms with Gasteiger partial charge in [0, 0.05) is 25.0 Å². The van der Waals surface area contributed by atoms with Crippen molar-refractivity contribution in [3.8, 4) is 0 Å². The zero-order valence-corrected chi connectivity index (χ0v) is 18.9. The van der Waals surface area contributed by atoms with Crippen LogP contribution in [0.15, 0.2) is 16.7 Å². The minimum absolute atomic E-state index is 0.271. The molecule has 0 spiro atoms. The van der Waals surface area contributed by atoms with Gasteiger partial charge in [-0.1, -0.05) is 32.6 Å². The second-order valence-corrected chi connectivity index (χ2v) is 11.1. The van der Waals surface area contributed by atoms with Crippen molar-refractivity contribution in [3.63, 3.8) is 0 Å². The fourth-order valence-electron chi connectivity index (χ4n) is 3.92. The Balaban J connectivity index is 1.81. The molecule has 2 aromatic rings. The second kappa shape index (κ2) is 9.50. The molecule has 1 saturated carbocycles. The standard InChI is InChI=1S/C20H32N4O2S2/c1-4-5-11-24-18(14-23(3)13-17-15-27-16(2)22-17)12-21-20(24)28(25,26)19-9-7-6-8-10-19/h12,15,19H,4-11,13-14H2,1-3H3. The van der Waals surface area contributed by atoms with Crippen LogP contribution in [-0.2, 0) is 29.5 Å². The van der Waals surface area contributed by atoms with E-state index in [4.69, 9.17) is 0 Å². The number of unbranched alkanes of at least 4 members (excludes halogenated alkanes) is 1. The third kappa shape index (κ3) is 5.02. The molecule has 0 amide bonds. The van der Waals surface area contributed by atoms with Gasteiger partial charge in [0.2, 0.25) is 15.0 Å². The summed E-state index contributed by atoms with van der Waals surface area (Å²) in [6.07, 6.45) is 8.41. The molecule has 156 valence electrons. The number of nitrogens with zero attached hydrogens (tertiary/aromatic N) is 4. The quantitative estimate of drug-likeness (QED) is 0.604. The topological polar surface area (TPSA) is 68.1 Å². The summed E-state index contributed by atoms with van der Waals surface area (Å²) in [5, 5.41) is 3.16. The fraction of sp³-hybridized carbons (Fsp3) is 0.700. The van der Waals surface area contributed by atoms with E-state index in [1.54, 1.807) is 17.5 Å². The summed E-state index contributed by atoms with van der Waals surface area (Å²) in [6, 6.07) is 0. The second-order valence-electron chi connectivity index (χ2n) is 7.87. The highest BCUT2D eigenvalue weighted by atomic mass is 32.2. The lowest BCUT2D eigenvalue weighted by Crippen LogP contribution is -2.28. The van der Waals surface area contributed by atoms with Crippen LogP contribution in [0.2, 0.25) is 0 Å². The summed E-state index contributed by atoms with van der Waals surface area (Å²) >= 11 is 1.66. The number of rotatable bonds is 9. The van der Waals surface area contributed by atoms with E-state index in [0.29, 0.717) is 13.1 Å². The first-order chi connectivity index (χ1) is 13.4. The van der Waals surface area contributed by atoms with E-state index >= 15 is 0 Å². The van der Waals surface area contributed by atoms with Gasteiger partial charge in [0.15, 0.2) is 0 Å². The van der Waals surface area contributed by atoms with Gasteiger partial charge in [-0.05, 0) is 33.2 Å². The average Bonchev–Trinajstić information content (AvgIpc) is 3.27. The van der Waals surface area contributed by atoms with Gasteiger partial charge in [-0.3, -0.25) is 4.90 Å². The van der Waals surface area contributed by atoms with Gasteiger partial charge < -0.3 is 4.57 Å². The molecular weight excluding hydrogens is 392 g/mol. The van der Waals surface area contributed by atoms with Gasteiger partial charge in [0.1, 0.15) is 0 Å². The summed E-state index contributed by atoms with van der Waals surface area (Å²) in [6.45, 7) is 6.25. The van der Waals surface area contributed by atoms with Crippen molar-refractivity contribution in [1.82, 2.24) is 19.4 Å². The molecule has 2 heterocycles. The van der Waals surface area contributed by atoms with Crippen LogP contribution in [0.4, 0.5) is 0 Å². The molecule has 0 radical (unpaired) electrons. The van der Waals surface area contributed by atoms with Gasteiger partial charge in [0.05, 0.1) is 27.8 Å². The number of sulfone groups is 1. The molecule has 0 aliphatic heterocycles. The monoisotopic (exact) mass is 424 g/mol. The van der Waals surface area contributed by atoms with Crippen molar-refractivity contribution in [1.29, 1.82) is 0 Å². The summed E-state index contributed by atoms with van der Waals surface area (Å²) < 4.78 is 28.5. The first-order valence-electron chi connectivity index (χ1n) is 10.3. The SMILES string of the molecule is CCCCn1c(CN(C)Cc2csc(C)n2)cnc1S(=O)(=O)C1CCCCC1. The summed E-state index contributed by atoms with van der Waals surface area (Å²) in [5.74, 6) is 0. The maximum atomic E-state index is 13.3. The Morgan fingerprint density at radius 3 is 2.64 bits per heavy atom. The molecule has 0 aromatic carbocycles. The Hall–Kier alpha value is -1.25. The third-order valence-corrected chi connectivity index (χ3v) is 8.42. The molecular formula is C20H32N4O2S2. The molecule has 1 aliphatic carbocycles. The first-order valence-corrected chi connectivity index (χ1v) is 12.7. The van der Waals surface area contributed by atoms with Crippen LogP contribution >= 0.6 is 11.3 Å². The molecule has 8 heteroatoms. The Bertz CT molecular complexity index is 867. The highest BCUT2D eigenvalue weighted by Crippen LogP contribution is 2.29. The van der Waals surface area contributed by atoms with Crippen molar-refractivity contribution in [2.24, 2.45) is 0 Å².